The molecule has 0 fully saturated rings. The van der Waals surface area contributed by atoms with E-state index in [1.807, 2.05) is 22.7 Å². The summed E-state index contributed by atoms with van der Waals surface area (Å²) in [4.78, 5) is 2.57. The molecule has 0 aliphatic carbocycles. The third-order valence-electron chi connectivity index (χ3n) is 11.7. The molecule has 53 heavy (non-hydrogen) atoms. The average molecular weight is 708 g/mol. The fraction of sp³-hybridized carbons (Fsp3) is 0. The van der Waals surface area contributed by atoms with Crippen LogP contribution in [0.1, 0.15) is 0 Å². The predicted molar refractivity (Wildman–Crippen MR) is 230 cm³/mol. The molecule has 0 saturated heterocycles. The van der Waals surface area contributed by atoms with Gasteiger partial charge in [-0.15, -0.1) is 22.7 Å². The zero-order chi connectivity index (χ0) is 34.4. The van der Waals surface area contributed by atoms with Crippen LogP contribution in [0.5, 0.6) is 0 Å². The first-order valence-electron chi connectivity index (χ1n) is 18.1. The number of hydrogen-bond donors (Lipinski definition) is 0. The predicted octanol–water partition coefficient (Wildman–Crippen LogP) is 12.3. The van der Waals surface area contributed by atoms with E-state index < -0.39 is 0 Å². The monoisotopic (exact) mass is 707 g/mol. The van der Waals surface area contributed by atoms with E-state index in [1.165, 1.54) is 101 Å². The molecule has 2 aliphatic rings. The molecule has 0 unspecified atom stereocenters. The fourth-order valence-electron chi connectivity index (χ4n) is 9.45. The highest BCUT2D eigenvalue weighted by molar-refractivity contribution is 7.26. The van der Waals surface area contributed by atoms with Gasteiger partial charge in [0.2, 0.25) is 6.71 Å². The van der Waals surface area contributed by atoms with Gasteiger partial charge in [-0.05, 0) is 99.9 Å². The second-order valence-corrected chi connectivity index (χ2v) is 16.5. The van der Waals surface area contributed by atoms with Crippen molar-refractivity contribution < 1.29 is 4.42 Å². The lowest BCUT2D eigenvalue weighted by Crippen LogP contribution is -2.54. The zero-order valence-corrected chi connectivity index (χ0v) is 29.9. The molecule has 0 radical (unpaired) electrons. The summed E-state index contributed by atoms with van der Waals surface area (Å²) in [6.45, 7) is 0.141. The van der Waals surface area contributed by atoms with Crippen molar-refractivity contribution in [2.75, 3.05) is 4.90 Å². The third kappa shape index (κ3) is 3.78. The van der Waals surface area contributed by atoms with Gasteiger partial charge in [0.25, 0.3) is 0 Å². The van der Waals surface area contributed by atoms with Crippen LogP contribution in [-0.4, -0.2) is 6.71 Å². The zero-order valence-electron chi connectivity index (χ0n) is 28.3. The number of anilines is 3. The van der Waals surface area contributed by atoms with E-state index in [9.17, 15) is 0 Å². The van der Waals surface area contributed by atoms with Crippen LogP contribution >= 0.6 is 22.7 Å². The van der Waals surface area contributed by atoms with Crippen LogP contribution in [0.2, 0.25) is 0 Å². The molecule has 0 saturated carbocycles. The van der Waals surface area contributed by atoms with Gasteiger partial charge in [0, 0.05) is 68.2 Å². The quantitative estimate of drug-likeness (QED) is 0.166. The summed E-state index contributed by atoms with van der Waals surface area (Å²) in [5.41, 5.74) is 14.7. The number of fused-ring (bicyclic) bond motifs is 14. The third-order valence-corrected chi connectivity index (χ3v) is 13.9. The number of para-hydroxylation sites is 1. The van der Waals surface area contributed by atoms with Crippen molar-refractivity contribution in [3.63, 3.8) is 0 Å². The molecule has 2 aliphatic heterocycles. The fourth-order valence-corrected chi connectivity index (χ4v) is 11.7. The van der Waals surface area contributed by atoms with Crippen molar-refractivity contribution in [1.82, 2.24) is 0 Å². The normalized spacial score (nSPS) is 13.2. The molecule has 0 atom stereocenters. The molecule has 244 valence electrons. The lowest BCUT2D eigenvalue weighted by atomic mass is 9.37. The van der Waals surface area contributed by atoms with Crippen molar-refractivity contribution in [2.45, 2.75) is 0 Å². The van der Waals surface area contributed by atoms with Crippen LogP contribution in [-0.2, 0) is 0 Å². The standard InChI is InChI=1S/C48H26BNOS2/c1-5-15-37-30(10-1)36-22-27(29-14-9-17-42-47(29)33-13-2-6-16-41(33)51-42)23-40-48(36)49(37)38-26-46-35(32-12-4-8-19-44(32)53-46)25-39(38)50(40)28-20-21-45-34(24-28)31-11-3-7-18-43(31)52-45/h1-26H. The first-order valence-corrected chi connectivity index (χ1v) is 19.7. The van der Waals surface area contributed by atoms with Gasteiger partial charge in [-0.1, -0.05) is 96.5 Å². The van der Waals surface area contributed by atoms with Gasteiger partial charge < -0.3 is 9.32 Å². The van der Waals surface area contributed by atoms with Crippen molar-refractivity contribution in [3.05, 3.63) is 158 Å². The van der Waals surface area contributed by atoms with Crippen molar-refractivity contribution in [1.29, 1.82) is 0 Å². The average Bonchev–Trinajstić information content (AvgIpc) is 3.96. The van der Waals surface area contributed by atoms with Crippen LogP contribution in [0.3, 0.4) is 0 Å². The van der Waals surface area contributed by atoms with Gasteiger partial charge in [0.1, 0.15) is 11.2 Å². The minimum atomic E-state index is 0.141. The summed E-state index contributed by atoms with van der Waals surface area (Å²) in [5, 5.41) is 7.57. The first kappa shape index (κ1) is 28.5. The summed E-state index contributed by atoms with van der Waals surface area (Å²) in [6.07, 6.45) is 0. The van der Waals surface area contributed by atoms with E-state index in [0.29, 0.717) is 0 Å². The Morgan fingerprint density at radius 1 is 0.434 bits per heavy atom. The van der Waals surface area contributed by atoms with Gasteiger partial charge in [-0.25, -0.2) is 0 Å². The molecule has 0 amide bonds. The highest BCUT2D eigenvalue weighted by atomic mass is 32.1. The van der Waals surface area contributed by atoms with Crippen LogP contribution in [0.15, 0.2) is 162 Å². The maximum absolute atomic E-state index is 6.41. The van der Waals surface area contributed by atoms with Crippen LogP contribution < -0.4 is 21.3 Å². The van der Waals surface area contributed by atoms with E-state index in [2.05, 4.69) is 163 Å². The van der Waals surface area contributed by atoms with Gasteiger partial charge >= 0.3 is 0 Å². The van der Waals surface area contributed by atoms with Gasteiger partial charge in [-0.3, -0.25) is 0 Å². The number of benzene rings is 8. The SMILES string of the molecule is c1ccc2c(c1)B1c3cc4sc5ccccc5c4cc3N(c3ccc4sc5ccccc5c4c3)c3cc(-c4cccc5oc6ccccc6c45)cc-2c31. The van der Waals surface area contributed by atoms with E-state index in [1.54, 1.807) is 0 Å². The highest BCUT2D eigenvalue weighted by Crippen LogP contribution is 2.48. The molecule has 11 aromatic rings. The Morgan fingerprint density at radius 2 is 1.11 bits per heavy atom. The molecule has 0 spiro atoms. The maximum Gasteiger partial charge on any atom is 0.248 e. The summed E-state index contributed by atoms with van der Waals surface area (Å²) < 4.78 is 11.7. The summed E-state index contributed by atoms with van der Waals surface area (Å²) in [7, 11) is 0. The Morgan fingerprint density at radius 3 is 1.98 bits per heavy atom. The van der Waals surface area contributed by atoms with Crippen molar-refractivity contribution >= 4 is 125 Å². The van der Waals surface area contributed by atoms with E-state index in [0.717, 1.165) is 16.6 Å². The van der Waals surface area contributed by atoms with Gasteiger partial charge in [0.15, 0.2) is 0 Å². The summed E-state index contributed by atoms with van der Waals surface area (Å²) in [5.74, 6) is 0. The number of rotatable bonds is 2. The molecule has 0 N–H and O–H groups in total. The molecular weight excluding hydrogens is 681 g/mol. The van der Waals surface area contributed by atoms with Gasteiger partial charge in [0.05, 0.1) is 0 Å². The largest absolute Gasteiger partial charge is 0.456 e. The summed E-state index contributed by atoms with van der Waals surface area (Å²) >= 11 is 3.78. The van der Waals surface area contributed by atoms with Crippen LogP contribution in [0.25, 0.3) is 84.5 Å². The molecular formula is C48H26BNOS2. The van der Waals surface area contributed by atoms with E-state index >= 15 is 0 Å². The van der Waals surface area contributed by atoms with E-state index in [-0.39, 0.29) is 6.71 Å². The number of thiophene rings is 2. The molecule has 0 bridgehead atoms. The van der Waals surface area contributed by atoms with Gasteiger partial charge in [-0.2, -0.15) is 0 Å². The number of nitrogens with zero attached hydrogens (tertiary/aromatic N) is 1. The molecule has 3 aromatic heterocycles. The second kappa shape index (κ2) is 10.3. The molecule has 5 heterocycles. The highest BCUT2D eigenvalue weighted by Gasteiger charge is 2.43. The Bertz CT molecular complexity index is 3390. The first-order chi connectivity index (χ1) is 26.3. The second-order valence-electron chi connectivity index (χ2n) is 14.4. The topological polar surface area (TPSA) is 16.4 Å². The van der Waals surface area contributed by atoms with Crippen molar-refractivity contribution in [2.24, 2.45) is 0 Å². The van der Waals surface area contributed by atoms with Crippen LogP contribution in [0.4, 0.5) is 17.1 Å². The maximum atomic E-state index is 6.41. The molecule has 8 aromatic carbocycles. The Hall–Kier alpha value is -6.14. The number of furan rings is 1. The molecule has 2 nitrogen and oxygen atoms in total. The minimum Gasteiger partial charge on any atom is -0.456 e. The Balaban J connectivity index is 1.17. The van der Waals surface area contributed by atoms with E-state index in [4.69, 9.17) is 4.42 Å². The lowest BCUT2D eigenvalue weighted by Gasteiger charge is -2.36. The lowest BCUT2D eigenvalue weighted by molar-refractivity contribution is 0.669. The minimum absolute atomic E-state index is 0.141. The van der Waals surface area contributed by atoms with Crippen molar-refractivity contribution in [3.8, 4) is 22.3 Å². The number of hydrogen-bond acceptors (Lipinski definition) is 4. The molecule has 13 rings (SSSR count). The Labute approximate surface area is 312 Å². The van der Waals surface area contributed by atoms with Crippen LogP contribution in [0, 0.1) is 0 Å². The Kier molecular flexibility index (Phi) is 5.51. The molecule has 5 heteroatoms. The smallest absolute Gasteiger partial charge is 0.248 e. The summed E-state index contributed by atoms with van der Waals surface area (Å²) in [6, 6.07) is 58.7.